The molecule has 0 spiro atoms. The van der Waals surface area contributed by atoms with Gasteiger partial charge in [-0.1, -0.05) is 50.6 Å². The van der Waals surface area contributed by atoms with Crippen LogP contribution < -0.4 is 0 Å². The number of halogens is 1. The van der Waals surface area contributed by atoms with Gasteiger partial charge in [0, 0.05) is 17.1 Å². The summed E-state index contributed by atoms with van der Waals surface area (Å²) in [7, 11) is 0. The molecule has 0 heterocycles. The third kappa shape index (κ3) is 5.97. The van der Waals surface area contributed by atoms with Crippen LogP contribution >= 0.6 is 11.6 Å². The molecule has 0 aliphatic heterocycles. The third-order valence-corrected chi connectivity index (χ3v) is 3.77. The lowest BCUT2D eigenvalue weighted by Gasteiger charge is -2.37. The molecule has 19 heavy (non-hydrogen) atoms. The van der Waals surface area contributed by atoms with Gasteiger partial charge in [-0.3, -0.25) is 4.90 Å². The molecule has 0 amide bonds. The lowest BCUT2D eigenvalue weighted by molar-refractivity contribution is 0.110. The first-order valence-corrected chi connectivity index (χ1v) is 7.46. The molecule has 2 heteroatoms. The highest BCUT2D eigenvalue weighted by molar-refractivity contribution is 6.31. The SMILES string of the molecule is CC(C)(C)CCN(Cc1ccccc1Cl)C(C)(C)C. The van der Waals surface area contributed by atoms with Crippen LogP contribution in [0.25, 0.3) is 0 Å². The van der Waals surface area contributed by atoms with Crippen LogP contribution in [0.4, 0.5) is 0 Å². The van der Waals surface area contributed by atoms with Gasteiger partial charge in [0.2, 0.25) is 0 Å². The number of benzene rings is 1. The summed E-state index contributed by atoms with van der Waals surface area (Å²) in [6.45, 7) is 15.7. The lowest BCUT2D eigenvalue weighted by atomic mass is 9.91. The first-order chi connectivity index (χ1) is 8.59. The van der Waals surface area contributed by atoms with Crippen molar-refractivity contribution >= 4 is 11.6 Å². The molecule has 0 saturated heterocycles. The van der Waals surface area contributed by atoms with Crippen LogP contribution in [0.3, 0.4) is 0 Å². The summed E-state index contributed by atoms with van der Waals surface area (Å²) in [5, 5.41) is 0.868. The van der Waals surface area contributed by atoms with E-state index in [9.17, 15) is 0 Å². The van der Waals surface area contributed by atoms with Crippen molar-refractivity contribution in [2.24, 2.45) is 5.41 Å². The standard InChI is InChI=1S/C17H28ClN/c1-16(2,3)11-12-19(17(4,5)6)13-14-9-7-8-10-15(14)18/h7-10H,11-13H2,1-6H3. The van der Waals surface area contributed by atoms with Gasteiger partial charge in [0.1, 0.15) is 0 Å². The van der Waals surface area contributed by atoms with Crippen molar-refractivity contribution in [1.29, 1.82) is 0 Å². The van der Waals surface area contributed by atoms with Crippen molar-refractivity contribution in [3.63, 3.8) is 0 Å². The quantitative estimate of drug-likeness (QED) is 0.716. The topological polar surface area (TPSA) is 3.24 Å². The zero-order valence-corrected chi connectivity index (χ0v) is 14.0. The number of rotatable bonds is 4. The van der Waals surface area contributed by atoms with E-state index in [1.165, 1.54) is 12.0 Å². The minimum absolute atomic E-state index is 0.157. The molecule has 0 aliphatic carbocycles. The monoisotopic (exact) mass is 281 g/mol. The molecule has 0 unspecified atom stereocenters. The van der Waals surface area contributed by atoms with Crippen molar-refractivity contribution in [3.05, 3.63) is 34.9 Å². The summed E-state index contributed by atoms with van der Waals surface area (Å²) >= 11 is 6.28. The van der Waals surface area contributed by atoms with Gasteiger partial charge < -0.3 is 0 Å². The molecule has 0 aliphatic rings. The molecule has 0 radical (unpaired) electrons. The predicted octanol–water partition coefficient (Wildman–Crippen LogP) is 5.38. The van der Waals surface area contributed by atoms with Gasteiger partial charge in [0.25, 0.3) is 0 Å². The van der Waals surface area contributed by atoms with E-state index in [4.69, 9.17) is 11.6 Å². The van der Waals surface area contributed by atoms with Crippen molar-refractivity contribution in [1.82, 2.24) is 4.90 Å². The normalized spacial score (nSPS) is 13.1. The van der Waals surface area contributed by atoms with Crippen molar-refractivity contribution in [2.45, 2.75) is 60.0 Å². The molecule has 108 valence electrons. The van der Waals surface area contributed by atoms with Crippen LogP contribution in [0.1, 0.15) is 53.5 Å². The summed E-state index contributed by atoms with van der Waals surface area (Å²) in [5.74, 6) is 0. The van der Waals surface area contributed by atoms with Gasteiger partial charge >= 0.3 is 0 Å². The zero-order valence-electron chi connectivity index (χ0n) is 13.3. The Morgan fingerprint density at radius 2 is 1.58 bits per heavy atom. The highest BCUT2D eigenvalue weighted by Gasteiger charge is 2.23. The van der Waals surface area contributed by atoms with Gasteiger partial charge in [0.05, 0.1) is 0 Å². The van der Waals surface area contributed by atoms with E-state index in [1.807, 2.05) is 12.1 Å². The molecule has 1 rings (SSSR count). The fraction of sp³-hybridized carbons (Fsp3) is 0.647. The largest absolute Gasteiger partial charge is 0.294 e. The summed E-state index contributed by atoms with van der Waals surface area (Å²) in [4.78, 5) is 2.51. The van der Waals surface area contributed by atoms with Crippen molar-refractivity contribution in [2.75, 3.05) is 6.54 Å². The fourth-order valence-corrected chi connectivity index (χ4v) is 2.15. The Morgan fingerprint density at radius 1 is 1.00 bits per heavy atom. The molecular weight excluding hydrogens is 254 g/mol. The van der Waals surface area contributed by atoms with Crippen molar-refractivity contribution < 1.29 is 0 Å². The highest BCUT2D eigenvalue weighted by Crippen LogP contribution is 2.25. The first kappa shape index (κ1) is 16.5. The average molecular weight is 282 g/mol. The summed E-state index contributed by atoms with van der Waals surface area (Å²) in [6, 6.07) is 8.15. The molecule has 1 aromatic rings. The second kappa shape index (κ2) is 6.28. The maximum absolute atomic E-state index is 6.28. The number of nitrogens with zero attached hydrogens (tertiary/aromatic N) is 1. The van der Waals surface area contributed by atoms with Gasteiger partial charge in [-0.2, -0.15) is 0 Å². The Labute approximate surface area is 124 Å². The Morgan fingerprint density at radius 3 is 2.05 bits per heavy atom. The van der Waals surface area contributed by atoms with E-state index in [0.717, 1.165) is 18.1 Å². The second-order valence-electron chi connectivity index (χ2n) is 7.49. The molecule has 0 bridgehead atoms. The van der Waals surface area contributed by atoms with E-state index >= 15 is 0 Å². The first-order valence-electron chi connectivity index (χ1n) is 7.08. The minimum Gasteiger partial charge on any atom is -0.294 e. The average Bonchev–Trinajstić information content (AvgIpc) is 2.23. The summed E-state index contributed by atoms with van der Waals surface area (Å²) in [6.07, 6.45) is 1.19. The van der Waals surface area contributed by atoms with E-state index in [-0.39, 0.29) is 5.54 Å². The Balaban J connectivity index is 2.79. The van der Waals surface area contributed by atoms with Gasteiger partial charge in [-0.15, -0.1) is 0 Å². The van der Waals surface area contributed by atoms with Crippen LogP contribution in [0.15, 0.2) is 24.3 Å². The van der Waals surface area contributed by atoms with Crippen LogP contribution in [0.2, 0.25) is 5.02 Å². The third-order valence-electron chi connectivity index (χ3n) is 3.40. The highest BCUT2D eigenvalue weighted by atomic mass is 35.5. The van der Waals surface area contributed by atoms with E-state index in [2.05, 4.69) is 58.6 Å². The minimum atomic E-state index is 0.157. The number of hydrogen-bond acceptors (Lipinski definition) is 1. The summed E-state index contributed by atoms with van der Waals surface area (Å²) in [5.41, 5.74) is 1.74. The van der Waals surface area contributed by atoms with E-state index in [1.54, 1.807) is 0 Å². The van der Waals surface area contributed by atoms with Crippen LogP contribution in [-0.4, -0.2) is 17.0 Å². The van der Waals surface area contributed by atoms with Crippen LogP contribution in [0.5, 0.6) is 0 Å². The molecule has 0 saturated carbocycles. The Hall–Kier alpha value is -0.530. The summed E-state index contributed by atoms with van der Waals surface area (Å²) < 4.78 is 0. The zero-order chi connectivity index (χ0) is 14.7. The van der Waals surface area contributed by atoms with Crippen molar-refractivity contribution in [3.8, 4) is 0 Å². The Bertz CT molecular complexity index is 398. The lowest BCUT2D eigenvalue weighted by Crippen LogP contribution is -2.42. The number of hydrogen-bond donors (Lipinski definition) is 0. The van der Waals surface area contributed by atoms with Crippen LogP contribution in [0, 0.1) is 5.41 Å². The van der Waals surface area contributed by atoms with Gasteiger partial charge in [0.15, 0.2) is 0 Å². The van der Waals surface area contributed by atoms with E-state index in [0.29, 0.717) is 5.41 Å². The van der Waals surface area contributed by atoms with Gasteiger partial charge in [-0.05, 0) is 50.8 Å². The molecule has 0 atom stereocenters. The van der Waals surface area contributed by atoms with Gasteiger partial charge in [-0.25, -0.2) is 0 Å². The molecular formula is C17H28ClN. The van der Waals surface area contributed by atoms with E-state index < -0.39 is 0 Å². The fourth-order valence-electron chi connectivity index (χ4n) is 1.95. The maximum Gasteiger partial charge on any atom is 0.0451 e. The second-order valence-corrected chi connectivity index (χ2v) is 7.90. The Kier molecular flexibility index (Phi) is 5.46. The predicted molar refractivity (Wildman–Crippen MR) is 85.7 cm³/mol. The molecule has 1 aromatic carbocycles. The molecule has 1 nitrogen and oxygen atoms in total. The molecule has 0 fully saturated rings. The smallest absolute Gasteiger partial charge is 0.0451 e. The molecule has 0 N–H and O–H groups in total. The van der Waals surface area contributed by atoms with Crippen LogP contribution in [-0.2, 0) is 6.54 Å². The maximum atomic E-state index is 6.28. The molecule has 0 aromatic heterocycles.